The molecule has 0 spiro atoms. The van der Waals surface area contributed by atoms with Gasteiger partial charge in [-0.2, -0.15) is 0 Å². The van der Waals surface area contributed by atoms with Crippen molar-refractivity contribution in [2.45, 2.75) is 36.6 Å². The van der Waals surface area contributed by atoms with Crippen LogP contribution in [0.15, 0.2) is 12.1 Å². The molecule has 2 aliphatic heterocycles. The van der Waals surface area contributed by atoms with Gasteiger partial charge in [0.15, 0.2) is 41.0 Å². The minimum Gasteiger partial charge on any atom is -0.504 e. The van der Waals surface area contributed by atoms with Crippen molar-refractivity contribution in [2.75, 3.05) is 20.3 Å². The van der Waals surface area contributed by atoms with E-state index in [1.54, 1.807) is 0 Å². The minimum atomic E-state index is -2.25. The fraction of sp³-hybridized carbons (Fsp3) is 0.391. The Bertz CT molecular complexity index is 1260. The van der Waals surface area contributed by atoms with Crippen LogP contribution in [0.2, 0.25) is 0 Å². The molecule has 1 saturated heterocycles. The summed E-state index contributed by atoms with van der Waals surface area (Å²) in [5.74, 6) is -7.58. The third-order valence-electron chi connectivity index (χ3n) is 6.56. The van der Waals surface area contributed by atoms with E-state index in [1.807, 2.05) is 0 Å². The fourth-order valence-electron chi connectivity index (χ4n) is 4.60. The summed E-state index contributed by atoms with van der Waals surface area (Å²) in [5, 5.41) is 90.9. The summed E-state index contributed by atoms with van der Waals surface area (Å²) in [5.41, 5.74) is -3.94. The van der Waals surface area contributed by atoms with Gasteiger partial charge in [0.25, 0.3) is 0 Å². The summed E-state index contributed by atoms with van der Waals surface area (Å²) in [6.07, 6.45) is -7.25. The van der Waals surface area contributed by atoms with Crippen molar-refractivity contribution in [3.8, 4) is 34.5 Å². The Hall–Kier alpha value is -4.02. The Morgan fingerprint density at radius 1 is 1.00 bits per heavy atom. The zero-order chi connectivity index (χ0) is 28.1. The van der Waals surface area contributed by atoms with Crippen molar-refractivity contribution in [3.63, 3.8) is 0 Å². The van der Waals surface area contributed by atoms with Crippen molar-refractivity contribution in [3.05, 3.63) is 34.4 Å². The van der Waals surface area contributed by atoms with Crippen LogP contribution in [0.3, 0.4) is 0 Å². The van der Waals surface area contributed by atoms with Gasteiger partial charge in [0, 0.05) is 11.1 Å². The van der Waals surface area contributed by atoms with Crippen LogP contribution in [0.25, 0.3) is 0 Å². The van der Waals surface area contributed by atoms with Crippen LogP contribution in [0.5, 0.6) is 34.5 Å². The number of rotatable bonds is 6. The van der Waals surface area contributed by atoms with Crippen LogP contribution in [-0.4, -0.2) is 102 Å². The zero-order valence-electron chi connectivity index (χ0n) is 19.6. The average Bonchev–Trinajstić information content (AvgIpc) is 2.90. The Labute approximate surface area is 212 Å². The number of aromatic hydroxyl groups is 5. The van der Waals surface area contributed by atoms with Gasteiger partial charge in [-0.1, -0.05) is 0 Å². The van der Waals surface area contributed by atoms with E-state index in [0.29, 0.717) is 0 Å². The van der Waals surface area contributed by atoms with Crippen LogP contribution >= 0.6 is 0 Å². The van der Waals surface area contributed by atoms with Gasteiger partial charge in [0.1, 0.15) is 23.4 Å². The maximum atomic E-state index is 12.9. The molecule has 1 fully saturated rings. The van der Waals surface area contributed by atoms with E-state index < -0.39 is 107 Å². The number of phenolic OH excluding ortho intramolecular Hbond substituents is 5. The molecule has 4 atom stereocenters. The first-order valence-corrected chi connectivity index (χ1v) is 11.0. The highest BCUT2D eigenvalue weighted by molar-refractivity contribution is 5.98. The second kappa shape index (κ2) is 9.70. The Kier molecular flexibility index (Phi) is 6.90. The highest BCUT2D eigenvalue weighted by Gasteiger charge is 2.60. The number of ether oxygens (including phenoxy) is 4. The van der Waals surface area contributed by atoms with E-state index in [9.17, 15) is 55.5 Å². The second-order valence-corrected chi connectivity index (χ2v) is 8.62. The number of phenols is 5. The number of aliphatic hydroxyl groups is 4. The first-order valence-electron chi connectivity index (χ1n) is 11.0. The number of esters is 2. The molecule has 4 rings (SSSR count). The van der Waals surface area contributed by atoms with Gasteiger partial charge in [-0.25, -0.2) is 9.59 Å². The van der Waals surface area contributed by atoms with Crippen LogP contribution in [0.4, 0.5) is 0 Å². The van der Waals surface area contributed by atoms with E-state index in [2.05, 4.69) is 0 Å². The summed E-state index contributed by atoms with van der Waals surface area (Å²) in [4.78, 5) is 25.8. The molecular formula is C23H24O15. The van der Waals surface area contributed by atoms with E-state index in [1.165, 1.54) is 0 Å². The molecule has 0 saturated carbocycles. The number of carbonyl (C=O) groups is 2. The third-order valence-corrected chi connectivity index (χ3v) is 6.56. The number of carbonyl (C=O) groups excluding carboxylic acids is 2. The van der Waals surface area contributed by atoms with Gasteiger partial charge in [-0.05, 0) is 12.1 Å². The lowest BCUT2D eigenvalue weighted by Gasteiger charge is -2.51. The summed E-state index contributed by atoms with van der Waals surface area (Å²) >= 11 is 0. The molecular weight excluding hydrogens is 516 g/mol. The highest BCUT2D eigenvalue weighted by atomic mass is 16.6. The first-order chi connectivity index (χ1) is 18.0. The second-order valence-electron chi connectivity index (χ2n) is 8.62. The normalized spacial score (nSPS) is 23.7. The third kappa shape index (κ3) is 3.88. The number of methoxy groups -OCH3 is 1. The smallest absolute Gasteiger partial charge is 0.342 e. The van der Waals surface area contributed by atoms with Crippen LogP contribution in [0, 0.1) is 0 Å². The predicted octanol–water partition coefficient (Wildman–Crippen LogP) is -1.36. The topological polar surface area (TPSA) is 253 Å². The van der Waals surface area contributed by atoms with Gasteiger partial charge >= 0.3 is 11.9 Å². The molecule has 0 radical (unpaired) electrons. The van der Waals surface area contributed by atoms with Gasteiger partial charge < -0.3 is 64.9 Å². The Balaban J connectivity index is 1.87. The monoisotopic (exact) mass is 540 g/mol. The lowest BCUT2D eigenvalue weighted by Crippen LogP contribution is -2.67. The molecule has 0 amide bonds. The number of hydrogen-bond acceptors (Lipinski definition) is 15. The summed E-state index contributed by atoms with van der Waals surface area (Å²) in [7, 11) is 1.10. The predicted molar refractivity (Wildman–Crippen MR) is 119 cm³/mol. The zero-order valence-corrected chi connectivity index (χ0v) is 19.6. The number of benzene rings is 2. The maximum absolute atomic E-state index is 12.9. The van der Waals surface area contributed by atoms with Crippen LogP contribution in [0.1, 0.15) is 37.9 Å². The Morgan fingerprint density at radius 3 is 2.13 bits per heavy atom. The number of aliphatic hydroxyl groups excluding tert-OH is 4. The molecule has 4 unspecified atom stereocenters. The molecule has 0 bridgehead atoms. The molecule has 2 aromatic carbocycles. The summed E-state index contributed by atoms with van der Waals surface area (Å²) in [6.45, 7) is -2.98. The van der Waals surface area contributed by atoms with Crippen molar-refractivity contribution in [1.29, 1.82) is 0 Å². The van der Waals surface area contributed by atoms with Crippen LogP contribution in [-0.2, 0) is 20.8 Å². The molecule has 15 nitrogen and oxygen atoms in total. The first kappa shape index (κ1) is 27.0. The van der Waals surface area contributed by atoms with Crippen molar-refractivity contribution in [1.82, 2.24) is 0 Å². The quantitative estimate of drug-likeness (QED) is 0.151. The molecule has 9 N–H and O–H groups in total. The molecule has 206 valence electrons. The molecule has 2 aromatic rings. The van der Waals surface area contributed by atoms with Gasteiger partial charge in [0.05, 0.1) is 32.5 Å². The maximum Gasteiger partial charge on any atom is 0.342 e. The van der Waals surface area contributed by atoms with Crippen LogP contribution < -0.4 is 4.74 Å². The average molecular weight is 540 g/mol. The van der Waals surface area contributed by atoms with Gasteiger partial charge in [-0.15, -0.1) is 0 Å². The number of hydrogen-bond donors (Lipinski definition) is 9. The SMILES string of the molecule is COc1c(O)c(O)c2c(c1CO)C1OC(CO)(CO)C(O)C(OC(=O)c3cc(O)c(O)c(O)c3)C1OC2=O. The van der Waals surface area contributed by atoms with E-state index in [-0.39, 0.29) is 11.1 Å². The van der Waals surface area contributed by atoms with Crippen molar-refractivity contribution < 1.29 is 74.5 Å². The van der Waals surface area contributed by atoms with Gasteiger partial charge in [0.2, 0.25) is 5.75 Å². The lowest BCUT2D eigenvalue weighted by atomic mass is 9.79. The summed E-state index contributed by atoms with van der Waals surface area (Å²) in [6, 6.07) is 1.48. The molecule has 0 aromatic heterocycles. The van der Waals surface area contributed by atoms with Crippen molar-refractivity contribution >= 4 is 11.9 Å². The molecule has 0 aliphatic carbocycles. The number of fused-ring (bicyclic) bond motifs is 3. The highest BCUT2D eigenvalue weighted by Crippen LogP contribution is 2.53. The van der Waals surface area contributed by atoms with E-state index in [4.69, 9.17) is 18.9 Å². The fourth-order valence-corrected chi connectivity index (χ4v) is 4.60. The molecule has 15 heteroatoms. The molecule has 2 aliphatic rings. The molecule has 38 heavy (non-hydrogen) atoms. The van der Waals surface area contributed by atoms with E-state index in [0.717, 1.165) is 19.2 Å². The van der Waals surface area contributed by atoms with E-state index >= 15 is 0 Å². The molecule has 2 heterocycles. The van der Waals surface area contributed by atoms with Crippen molar-refractivity contribution in [2.24, 2.45) is 0 Å². The summed E-state index contributed by atoms with van der Waals surface area (Å²) < 4.78 is 21.5. The lowest BCUT2D eigenvalue weighted by molar-refractivity contribution is -0.290. The van der Waals surface area contributed by atoms with Gasteiger partial charge in [-0.3, -0.25) is 0 Å². The largest absolute Gasteiger partial charge is 0.504 e. The standard InChI is InChI=1S/C23H24O15/c1-35-16-8(4-24)11-12(14(30)15(16)31)22(34)36-18-17(11)38-23(5-25,6-26)20(32)19(18)37-21(33)7-2-9(27)13(29)10(28)3-7/h2-3,17-20,24-32H,4-6H2,1H3. The minimum absolute atomic E-state index is 0.246. The Morgan fingerprint density at radius 2 is 1.61 bits per heavy atom.